The quantitative estimate of drug-likeness (QED) is 0.828. The summed E-state index contributed by atoms with van der Waals surface area (Å²) in [6.45, 7) is 10.0. The zero-order valence-corrected chi connectivity index (χ0v) is 11.2. The van der Waals surface area contributed by atoms with Crippen molar-refractivity contribution in [1.82, 2.24) is 5.32 Å². The SMILES string of the molecule is Cc1ccc(C(=O)NC(C)C(C)(C)C)c(O)c1. The summed E-state index contributed by atoms with van der Waals surface area (Å²) in [5.74, 6) is -0.200. The molecule has 0 aliphatic carbocycles. The lowest BCUT2D eigenvalue weighted by molar-refractivity contribution is 0.0907. The van der Waals surface area contributed by atoms with Crippen molar-refractivity contribution >= 4 is 5.91 Å². The molecule has 2 N–H and O–H groups in total. The van der Waals surface area contributed by atoms with Gasteiger partial charge in [0.05, 0.1) is 5.56 Å². The summed E-state index contributed by atoms with van der Waals surface area (Å²) < 4.78 is 0. The number of amides is 1. The lowest BCUT2D eigenvalue weighted by Crippen LogP contribution is -2.41. The van der Waals surface area contributed by atoms with Crippen LogP contribution in [0.5, 0.6) is 5.75 Å². The van der Waals surface area contributed by atoms with Crippen LogP contribution in [0, 0.1) is 12.3 Å². The molecule has 0 aromatic heterocycles. The second-order valence-corrected chi connectivity index (χ2v) is 5.58. The van der Waals surface area contributed by atoms with Crippen LogP contribution < -0.4 is 5.32 Å². The number of phenolic OH excluding ortho intramolecular Hbond substituents is 1. The highest BCUT2D eigenvalue weighted by Gasteiger charge is 2.23. The van der Waals surface area contributed by atoms with Gasteiger partial charge in [-0.25, -0.2) is 0 Å². The highest BCUT2D eigenvalue weighted by molar-refractivity contribution is 5.97. The van der Waals surface area contributed by atoms with Crippen LogP contribution in [0.3, 0.4) is 0 Å². The maximum Gasteiger partial charge on any atom is 0.255 e. The fourth-order valence-electron chi connectivity index (χ4n) is 1.32. The average Bonchev–Trinajstić information content (AvgIpc) is 2.15. The average molecular weight is 235 g/mol. The molecule has 1 atom stereocenters. The predicted molar refractivity (Wildman–Crippen MR) is 69.2 cm³/mol. The molecule has 1 aromatic rings. The minimum atomic E-state index is -0.232. The van der Waals surface area contributed by atoms with Gasteiger partial charge in [0, 0.05) is 6.04 Å². The number of aryl methyl sites for hydroxylation is 1. The zero-order chi connectivity index (χ0) is 13.2. The lowest BCUT2D eigenvalue weighted by atomic mass is 9.88. The maximum absolute atomic E-state index is 12.0. The number of aromatic hydroxyl groups is 1. The summed E-state index contributed by atoms with van der Waals surface area (Å²) in [5.41, 5.74) is 1.25. The molecule has 0 bridgehead atoms. The number of carbonyl (C=O) groups excluding carboxylic acids is 1. The third-order valence-corrected chi connectivity index (χ3v) is 3.04. The minimum Gasteiger partial charge on any atom is -0.507 e. The maximum atomic E-state index is 12.0. The van der Waals surface area contributed by atoms with Crippen molar-refractivity contribution in [1.29, 1.82) is 0 Å². The molecular weight excluding hydrogens is 214 g/mol. The number of rotatable bonds is 2. The van der Waals surface area contributed by atoms with Gasteiger partial charge in [0.1, 0.15) is 5.75 Å². The number of benzene rings is 1. The molecule has 3 nitrogen and oxygen atoms in total. The first-order valence-corrected chi connectivity index (χ1v) is 5.82. The number of phenols is 1. The Hall–Kier alpha value is -1.51. The van der Waals surface area contributed by atoms with Crippen molar-refractivity contribution < 1.29 is 9.90 Å². The Kier molecular flexibility index (Phi) is 3.81. The molecule has 94 valence electrons. The molecule has 1 rings (SSSR count). The number of hydrogen-bond acceptors (Lipinski definition) is 2. The summed E-state index contributed by atoms with van der Waals surface area (Å²) in [7, 11) is 0. The van der Waals surface area contributed by atoms with Gasteiger partial charge in [-0.05, 0) is 37.0 Å². The van der Waals surface area contributed by atoms with E-state index in [4.69, 9.17) is 0 Å². The Labute approximate surface area is 103 Å². The second-order valence-electron chi connectivity index (χ2n) is 5.58. The monoisotopic (exact) mass is 235 g/mol. The predicted octanol–water partition coefficient (Wildman–Crippen LogP) is 2.87. The van der Waals surface area contributed by atoms with Crippen LogP contribution in [0.2, 0.25) is 0 Å². The molecule has 1 unspecified atom stereocenters. The molecule has 0 saturated carbocycles. The standard InChI is InChI=1S/C14H21NO2/c1-9-6-7-11(12(16)8-9)13(17)15-10(2)14(3,4)5/h6-8,10,16H,1-5H3,(H,15,17). The summed E-state index contributed by atoms with van der Waals surface area (Å²) in [4.78, 5) is 12.0. The third-order valence-electron chi connectivity index (χ3n) is 3.04. The molecule has 0 aliphatic rings. The fourth-order valence-corrected chi connectivity index (χ4v) is 1.32. The van der Waals surface area contributed by atoms with Crippen LogP contribution in [0.4, 0.5) is 0 Å². The van der Waals surface area contributed by atoms with Crippen molar-refractivity contribution in [2.45, 2.75) is 40.7 Å². The van der Waals surface area contributed by atoms with Crippen LogP contribution in [0.25, 0.3) is 0 Å². The van der Waals surface area contributed by atoms with Crippen LogP contribution >= 0.6 is 0 Å². The van der Waals surface area contributed by atoms with E-state index in [0.29, 0.717) is 5.56 Å². The minimum absolute atomic E-state index is 0.00399. The number of nitrogens with one attached hydrogen (secondary N) is 1. The largest absolute Gasteiger partial charge is 0.507 e. The Morgan fingerprint density at radius 2 is 1.94 bits per heavy atom. The molecule has 0 spiro atoms. The third kappa shape index (κ3) is 3.48. The Morgan fingerprint density at radius 1 is 1.35 bits per heavy atom. The van der Waals surface area contributed by atoms with E-state index >= 15 is 0 Å². The lowest BCUT2D eigenvalue weighted by Gasteiger charge is -2.28. The van der Waals surface area contributed by atoms with Crippen molar-refractivity contribution in [3.05, 3.63) is 29.3 Å². The highest BCUT2D eigenvalue weighted by Crippen LogP contribution is 2.21. The van der Waals surface area contributed by atoms with Gasteiger partial charge in [-0.2, -0.15) is 0 Å². The zero-order valence-electron chi connectivity index (χ0n) is 11.2. The summed E-state index contributed by atoms with van der Waals surface area (Å²) in [5, 5.41) is 12.6. The van der Waals surface area contributed by atoms with E-state index in [0.717, 1.165) is 5.56 Å². The van der Waals surface area contributed by atoms with Gasteiger partial charge in [0.15, 0.2) is 0 Å². The van der Waals surface area contributed by atoms with Crippen molar-refractivity contribution in [3.63, 3.8) is 0 Å². The van der Waals surface area contributed by atoms with Gasteiger partial charge in [0.2, 0.25) is 0 Å². The summed E-state index contributed by atoms with van der Waals surface area (Å²) in [6, 6.07) is 5.10. The normalized spacial score (nSPS) is 13.2. The van der Waals surface area contributed by atoms with Crippen LogP contribution in [-0.4, -0.2) is 17.1 Å². The smallest absolute Gasteiger partial charge is 0.255 e. The topological polar surface area (TPSA) is 49.3 Å². The molecule has 0 aliphatic heterocycles. The molecule has 0 heterocycles. The van der Waals surface area contributed by atoms with Crippen molar-refractivity contribution in [2.75, 3.05) is 0 Å². The molecule has 3 heteroatoms. The first kappa shape index (κ1) is 13.6. The van der Waals surface area contributed by atoms with Crippen LogP contribution in [-0.2, 0) is 0 Å². The Bertz CT molecular complexity index is 419. The van der Waals surface area contributed by atoms with Gasteiger partial charge in [0.25, 0.3) is 5.91 Å². The molecule has 0 radical (unpaired) electrons. The van der Waals surface area contributed by atoms with Crippen LogP contribution in [0.1, 0.15) is 43.6 Å². The van der Waals surface area contributed by atoms with Gasteiger partial charge >= 0.3 is 0 Å². The highest BCUT2D eigenvalue weighted by atomic mass is 16.3. The Morgan fingerprint density at radius 3 is 2.41 bits per heavy atom. The summed E-state index contributed by atoms with van der Waals surface area (Å²) >= 11 is 0. The van der Waals surface area contributed by atoms with Crippen molar-refractivity contribution in [2.24, 2.45) is 5.41 Å². The first-order chi connectivity index (χ1) is 7.71. The number of carbonyl (C=O) groups is 1. The van der Waals surface area contributed by atoms with Gasteiger partial charge in [-0.3, -0.25) is 4.79 Å². The molecular formula is C14H21NO2. The second kappa shape index (κ2) is 4.78. The molecule has 1 amide bonds. The molecule has 1 aromatic carbocycles. The van der Waals surface area contributed by atoms with Crippen LogP contribution in [0.15, 0.2) is 18.2 Å². The van der Waals surface area contributed by atoms with E-state index in [1.807, 2.05) is 19.9 Å². The van der Waals surface area contributed by atoms with E-state index in [2.05, 4.69) is 26.1 Å². The molecule has 17 heavy (non-hydrogen) atoms. The fraction of sp³-hybridized carbons (Fsp3) is 0.500. The van der Waals surface area contributed by atoms with E-state index < -0.39 is 0 Å². The Balaban J connectivity index is 2.84. The first-order valence-electron chi connectivity index (χ1n) is 5.82. The number of hydrogen-bond donors (Lipinski definition) is 2. The van der Waals surface area contributed by atoms with Gasteiger partial charge in [-0.15, -0.1) is 0 Å². The van der Waals surface area contributed by atoms with Crippen molar-refractivity contribution in [3.8, 4) is 5.75 Å². The van der Waals surface area contributed by atoms with E-state index in [1.165, 1.54) is 0 Å². The summed E-state index contributed by atoms with van der Waals surface area (Å²) in [6.07, 6.45) is 0. The van der Waals surface area contributed by atoms with E-state index in [-0.39, 0.29) is 23.1 Å². The van der Waals surface area contributed by atoms with Gasteiger partial charge in [-0.1, -0.05) is 26.8 Å². The molecule has 0 saturated heterocycles. The van der Waals surface area contributed by atoms with E-state index in [9.17, 15) is 9.90 Å². The molecule has 0 fully saturated rings. The van der Waals surface area contributed by atoms with E-state index in [1.54, 1.807) is 12.1 Å². The van der Waals surface area contributed by atoms with Gasteiger partial charge < -0.3 is 10.4 Å².